The van der Waals surface area contributed by atoms with Gasteiger partial charge in [0.25, 0.3) is 0 Å². The lowest BCUT2D eigenvalue weighted by Gasteiger charge is -2.25. The van der Waals surface area contributed by atoms with E-state index in [1.807, 2.05) is 0 Å². The molecule has 1 atom stereocenters. The number of rotatable bonds is 1. The molecular formula is C9H20Cl2N2O2S. The van der Waals surface area contributed by atoms with Crippen molar-refractivity contribution in [2.75, 3.05) is 37.7 Å². The van der Waals surface area contributed by atoms with Crippen molar-refractivity contribution in [1.82, 2.24) is 10.2 Å². The van der Waals surface area contributed by atoms with Crippen LogP contribution in [-0.4, -0.2) is 57.0 Å². The Labute approximate surface area is 110 Å². The van der Waals surface area contributed by atoms with Gasteiger partial charge in [0.2, 0.25) is 0 Å². The number of hydrogen-bond acceptors (Lipinski definition) is 4. The molecule has 0 aliphatic carbocycles. The van der Waals surface area contributed by atoms with Crippen LogP contribution in [0.1, 0.15) is 12.8 Å². The zero-order chi connectivity index (χ0) is 10.0. The average Bonchev–Trinajstić information content (AvgIpc) is 2.42. The predicted molar refractivity (Wildman–Crippen MR) is 70.6 cm³/mol. The number of halogens is 2. The van der Waals surface area contributed by atoms with Crippen molar-refractivity contribution >= 4 is 34.7 Å². The van der Waals surface area contributed by atoms with Gasteiger partial charge in [0.1, 0.15) is 0 Å². The molecule has 1 N–H and O–H groups in total. The van der Waals surface area contributed by atoms with Crippen molar-refractivity contribution in [2.24, 2.45) is 0 Å². The molecule has 0 aromatic rings. The molecule has 0 aromatic carbocycles. The molecule has 2 fully saturated rings. The molecule has 7 heteroatoms. The lowest BCUT2D eigenvalue weighted by Crippen LogP contribution is -2.38. The SMILES string of the molecule is Cl.Cl.O=S1(=O)CCC(N2CCCNCC2)C1. The molecule has 98 valence electrons. The van der Waals surface area contributed by atoms with Crippen molar-refractivity contribution in [1.29, 1.82) is 0 Å². The lowest BCUT2D eigenvalue weighted by molar-refractivity contribution is 0.227. The van der Waals surface area contributed by atoms with Crippen molar-refractivity contribution in [3.8, 4) is 0 Å². The van der Waals surface area contributed by atoms with Crippen LogP contribution < -0.4 is 5.32 Å². The first-order valence-corrected chi connectivity index (χ1v) is 7.15. The van der Waals surface area contributed by atoms with Crippen LogP contribution in [0.25, 0.3) is 0 Å². The zero-order valence-electron chi connectivity index (χ0n) is 9.22. The highest BCUT2D eigenvalue weighted by molar-refractivity contribution is 7.91. The fraction of sp³-hybridized carbons (Fsp3) is 1.00. The summed E-state index contributed by atoms with van der Waals surface area (Å²) in [5.41, 5.74) is 0. The monoisotopic (exact) mass is 290 g/mol. The summed E-state index contributed by atoms with van der Waals surface area (Å²) >= 11 is 0. The Balaban J connectivity index is 0.00000112. The normalized spacial score (nSPS) is 29.9. The van der Waals surface area contributed by atoms with Crippen LogP contribution in [0.2, 0.25) is 0 Å². The van der Waals surface area contributed by atoms with Crippen molar-refractivity contribution in [3.05, 3.63) is 0 Å². The molecule has 4 nitrogen and oxygen atoms in total. The summed E-state index contributed by atoms with van der Waals surface area (Å²) in [6, 6.07) is 0.292. The summed E-state index contributed by atoms with van der Waals surface area (Å²) in [6.45, 7) is 4.11. The van der Waals surface area contributed by atoms with Gasteiger partial charge in [-0.15, -0.1) is 24.8 Å². The van der Waals surface area contributed by atoms with E-state index in [4.69, 9.17) is 0 Å². The Hall–Kier alpha value is 0.450. The molecule has 16 heavy (non-hydrogen) atoms. The molecule has 0 bridgehead atoms. The average molecular weight is 291 g/mol. The van der Waals surface area contributed by atoms with E-state index in [1.54, 1.807) is 0 Å². The number of sulfone groups is 1. The summed E-state index contributed by atoms with van der Waals surface area (Å²) in [5.74, 6) is 0.772. The number of nitrogens with zero attached hydrogens (tertiary/aromatic N) is 1. The van der Waals surface area contributed by atoms with E-state index < -0.39 is 9.84 Å². The maximum Gasteiger partial charge on any atom is 0.151 e. The topological polar surface area (TPSA) is 49.4 Å². The maximum absolute atomic E-state index is 11.3. The van der Waals surface area contributed by atoms with Gasteiger partial charge < -0.3 is 5.32 Å². The molecule has 0 saturated carbocycles. The molecular weight excluding hydrogens is 271 g/mol. The van der Waals surface area contributed by atoms with Crippen molar-refractivity contribution < 1.29 is 8.42 Å². The van der Waals surface area contributed by atoms with Crippen molar-refractivity contribution in [2.45, 2.75) is 18.9 Å². The quantitative estimate of drug-likeness (QED) is 0.755. The first kappa shape index (κ1) is 16.4. The van der Waals surface area contributed by atoms with E-state index in [1.165, 1.54) is 0 Å². The fourth-order valence-corrected chi connectivity index (χ4v) is 4.06. The van der Waals surface area contributed by atoms with Gasteiger partial charge in [0.05, 0.1) is 11.5 Å². The number of hydrogen-bond donors (Lipinski definition) is 1. The minimum Gasteiger partial charge on any atom is -0.315 e. The highest BCUT2D eigenvalue weighted by Gasteiger charge is 2.31. The molecule has 0 amide bonds. The summed E-state index contributed by atoms with van der Waals surface area (Å²) < 4.78 is 22.7. The molecule has 0 spiro atoms. The molecule has 0 aromatic heterocycles. The van der Waals surface area contributed by atoms with Crippen LogP contribution >= 0.6 is 24.8 Å². The Morgan fingerprint density at radius 3 is 2.50 bits per heavy atom. The molecule has 0 radical (unpaired) electrons. The fourth-order valence-electron chi connectivity index (χ4n) is 2.30. The van der Waals surface area contributed by atoms with E-state index in [-0.39, 0.29) is 24.8 Å². The molecule has 1 unspecified atom stereocenters. The first-order chi connectivity index (χ1) is 6.67. The van der Waals surface area contributed by atoms with Crippen LogP contribution in [0.3, 0.4) is 0 Å². The van der Waals surface area contributed by atoms with E-state index in [0.717, 1.165) is 39.0 Å². The van der Waals surface area contributed by atoms with Gasteiger partial charge in [-0.25, -0.2) is 8.42 Å². The van der Waals surface area contributed by atoms with Gasteiger partial charge in [-0.3, -0.25) is 4.90 Å². The highest BCUT2D eigenvalue weighted by atomic mass is 35.5. The second-order valence-corrected chi connectivity index (χ2v) is 6.43. The summed E-state index contributed by atoms with van der Waals surface area (Å²) in [5, 5.41) is 3.33. The Bertz CT molecular complexity index is 290. The van der Waals surface area contributed by atoms with Crippen LogP contribution in [0.5, 0.6) is 0 Å². The molecule has 2 heterocycles. The van der Waals surface area contributed by atoms with Crippen LogP contribution in [0, 0.1) is 0 Å². The first-order valence-electron chi connectivity index (χ1n) is 5.32. The van der Waals surface area contributed by atoms with Crippen molar-refractivity contribution in [3.63, 3.8) is 0 Å². The standard InChI is InChI=1S/C9H18N2O2S.2ClH/c12-14(13)7-2-9(8-14)11-5-1-3-10-4-6-11;;/h9-10H,1-8H2;2*1H. The Morgan fingerprint density at radius 2 is 1.88 bits per heavy atom. The molecule has 2 aliphatic rings. The third-order valence-corrected chi connectivity index (χ3v) is 4.85. The van der Waals surface area contributed by atoms with Crippen LogP contribution in [0.4, 0.5) is 0 Å². The maximum atomic E-state index is 11.3. The molecule has 2 saturated heterocycles. The minimum atomic E-state index is -2.72. The number of nitrogens with one attached hydrogen (secondary N) is 1. The van der Waals surface area contributed by atoms with Gasteiger partial charge in [0, 0.05) is 19.1 Å². The van der Waals surface area contributed by atoms with Gasteiger partial charge in [-0.1, -0.05) is 0 Å². The third kappa shape index (κ3) is 4.37. The molecule has 2 aliphatic heterocycles. The minimum absolute atomic E-state index is 0. The summed E-state index contributed by atoms with van der Waals surface area (Å²) in [6.07, 6.45) is 1.97. The van der Waals surface area contributed by atoms with Crippen LogP contribution in [-0.2, 0) is 9.84 Å². The van der Waals surface area contributed by atoms with E-state index in [0.29, 0.717) is 17.5 Å². The van der Waals surface area contributed by atoms with Gasteiger partial charge >= 0.3 is 0 Å². The zero-order valence-corrected chi connectivity index (χ0v) is 11.7. The van der Waals surface area contributed by atoms with Gasteiger partial charge in [-0.05, 0) is 25.9 Å². The molecule has 2 rings (SSSR count). The predicted octanol–water partition coefficient (Wildman–Crippen LogP) is 0.312. The van der Waals surface area contributed by atoms with Crippen LogP contribution in [0.15, 0.2) is 0 Å². The Kier molecular flexibility index (Phi) is 7.21. The van der Waals surface area contributed by atoms with E-state index >= 15 is 0 Å². The summed E-state index contributed by atoms with van der Waals surface area (Å²) in [4.78, 5) is 2.34. The smallest absolute Gasteiger partial charge is 0.151 e. The van der Waals surface area contributed by atoms with E-state index in [2.05, 4.69) is 10.2 Å². The third-order valence-electron chi connectivity index (χ3n) is 3.10. The van der Waals surface area contributed by atoms with E-state index in [9.17, 15) is 8.42 Å². The Morgan fingerprint density at radius 1 is 1.12 bits per heavy atom. The lowest BCUT2D eigenvalue weighted by atomic mass is 10.2. The second-order valence-electron chi connectivity index (χ2n) is 4.20. The van der Waals surface area contributed by atoms with Gasteiger partial charge in [-0.2, -0.15) is 0 Å². The van der Waals surface area contributed by atoms with Gasteiger partial charge in [0.15, 0.2) is 9.84 Å². The highest BCUT2D eigenvalue weighted by Crippen LogP contribution is 2.18. The summed E-state index contributed by atoms with van der Waals surface area (Å²) in [7, 11) is -2.72. The second kappa shape index (κ2) is 7.01. The largest absolute Gasteiger partial charge is 0.315 e.